The Labute approximate surface area is 179 Å². The third-order valence-corrected chi connectivity index (χ3v) is 5.48. The molecule has 1 heterocycles. The van der Waals surface area contributed by atoms with Gasteiger partial charge in [-0.2, -0.15) is 0 Å². The lowest BCUT2D eigenvalue weighted by atomic mass is 9.77. The standard InChI is InChI=1S/C26H32O4/c1-16(27)12-13-29-19-10-8-17(9-11-19)22-20-14-18(25(2,3)4)15-21(26(5,6)7)23(20)30-24(22)28/h8-11,14-15,22H,12-13H2,1-7H3. The Morgan fingerprint density at radius 2 is 1.63 bits per heavy atom. The third kappa shape index (κ3) is 4.58. The highest BCUT2D eigenvalue weighted by atomic mass is 16.5. The molecule has 160 valence electrons. The fourth-order valence-corrected chi connectivity index (χ4v) is 3.64. The average molecular weight is 409 g/mol. The lowest BCUT2D eigenvalue weighted by Crippen LogP contribution is -2.17. The van der Waals surface area contributed by atoms with Crippen molar-refractivity contribution in [1.29, 1.82) is 0 Å². The lowest BCUT2D eigenvalue weighted by molar-refractivity contribution is -0.133. The van der Waals surface area contributed by atoms with E-state index in [0.717, 1.165) is 16.7 Å². The molecule has 1 aliphatic rings. The molecule has 1 aliphatic heterocycles. The molecule has 0 N–H and O–H groups in total. The van der Waals surface area contributed by atoms with Gasteiger partial charge < -0.3 is 9.47 Å². The first-order valence-electron chi connectivity index (χ1n) is 10.5. The van der Waals surface area contributed by atoms with E-state index in [1.807, 2.05) is 24.3 Å². The summed E-state index contributed by atoms with van der Waals surface area (Å²) < 4.78 is 11.4. The van der Waals surface area contributed by atoms with Crippen LogP contribution in [0.3, 0.4) is 0 Å². The van der Waals surface area contributed by atoms with E-state index in [0.29, 0.717) is 24.5 Å². The highest BCUT2D eigenvalue weighted by molar-refractivity contribution is 5.90. The molecule has 0 amide bonds. The van der Waals surface area contributed by atoms with E-state index in [1.165, 1.54) is 5.56 Å². The van der Waals surface area contributed by atoms with E-state index < -0.39 is 5.92 Å². The summed E-state index contributed by atoms with van der Waals surface area (Å²) in [6.07, 6.45) is 0.384. The van der Waals surface area contributed by atoms with E-state index in [-0.39, 0.29) is 22.6 Å². The van der Waals surface area contributed by atoms with E-state index in [4.69, 9.17) is 9.47 Å². The number of ketones is 1. The van der Waals surface area contributed by atoms with Gasteiger partial charge in [0.2, 0.25) is 0 Å². The van der Waals surface area contributed by atoms with Gasteiger partial charge in [-0.25, -0.2) is 0 Å². The Bertz CT molecular complexity index is 956. The van der Waals surface area contributed by atoms with Crippen LogP contribution in [-0.2, 0) is 20.4 Å². The van der Waals surface area contributed by atoms with Crippen molar-refractivity contribution >= 4 is 11.8 Å². The second-order valence-corrected chi connectivity index (χ2v) is 10.2. The number of ether oxygens (including phenoxy) is 2. The first-order valence-corrected chi connectivity index (χ1v) is 10.5. The average Bonchev–Trinajstić information content (AvgIpc) is 2.95. The second-order valence-electron chi connectivity index (χ2n) is 10.2. The van der Waals surface area contributed by atoms with Gasteiger partial charge in [-0.1, -0.05) is 65.8 Å². The first kappa shape index (κ1) is 22.1. The Balaban J connectivity index is 2.00. The summed E-state index contributed by atoms with van der Waals surface area (Å²) in [4.78, 5) is 24.0. The van der Waals surface area contributed by atoms with Crippen LogP contribution in [0.1, 0.15) is 83.1 Å². The molecule has 0 bridgehead atoms. The molecular formula is C26H32O4. The summed E-state index contributed by atoms with van der Waals surface area (Å²) in [5.41, 5.74) is 3.88. The van der Waals surface area contributed by atoms with Gasteiger partial charge in [0.1, 0.15) is 23.2 Å². The molecule has 2 aromatic rings. The van der Waals surface area contributed by atoms with Gasteiger partial charge in [0.15, 0.2) is 0 Å². The number of rotatable bonds is 5. The zero-order valence-electron chi connectivity index (χ0n) is 19.1. The maximum absolute atomic E-state index is 12.9. The van der Waals surface area contributed by atoms with Gasteiger partial charge in [0.25, 0.3) is 0 Å². The smallest absolute Gasteiger partial charge is 0.323 e. The van der Waals surface area contributed by atoms with Crippen LogP contribution in [0.2, 0.25) is 0 Å². The predicted molar refractivity (Wildman–Crippen MR) is 119 cm³/mol. The fraction of sp³-hybridized carbons (Fsp3) is 0.462. The molecule has 0 spiro atoms. The van der Waals surface area contributed by atoms with Crippen LogP contribution in [0, 0.1) is 0 Å². The van der Waals surface area contributed by atoms with E-state index in [2.05, 4.69) is 53.7 Å². The molecule has 4 heteroatoms. The van der Waals surface area contributed by atoms with Crippen molar-refractivity contribution in [2.24, 2.45) is 0 Å². The number of fused-ring (bicyclic) bond motifs is 1. The van der Waals surface area contributed by atoms with Crippen LogP contribution in [0.5, 0.6) is 11.5 Å². The number of Topliss-reactive ketones (excluding diaryl/α,β-unsaturated/α-hetero) is 1. The molecule has 3 rings (SSSR count). The predicted octanol–water partition coefficient (Wildman–Crippen LogP) is 5.69. The summed E-state index contributed by atoms with van der Waals surface area (Å²) in [6, 6.07) is 11.8. The number of carbonyl (C=O) groups is 2. The van der Waals surface area contributed by atoms with Crippen LogP contribution < -0.4 is 9.47 Å². The highest BCUT2D eigenvalue weighted by Gasteiger charge is 2.39. The molecule has 0 fully saturated rings. The molecule has 0 aromatic heterocycles. The Morgan fingerprint density at radius 3 is 2.17 bits per heavy atom. The number of hydrogen-bond donors (Lipinski definition) is 0. The maximum Gasteiger partial charge on any atom is 0.323 e. The molecular weight excluding hydrogens is 376 g/mol. The van der Waals surface area contributed by atoms with E-state index >= 15 is 0 Å². The maximum atomic E-state index is 12.9. The SMILES string of the molecule is CC(=O)CCOc1ccc(C2C(=O)Oc3c2cc(C(C)(C)C)cc3C(C)(C)C)cc1. The van der Waals surface area contributed by atoms with Crippen molar-refractivity contribution in [1.82, 2.24) is 0 Å². The summed E-state index contributed by atoms with van der Waals surface area (Å²) in [5, 5.41) is 0. The molecule has 0 saturated heterocycles. The quantitative estimate of drug-likeness (QED) is 0.471. The highest BCUT2D eigenvalue weighted by Crippen LogP contribution is 2.47. The van der Waals surface area contributed by atoms with Crippen molar-refractivity contribution in [3.63, 3.8) is 0 Å². The van der Waals surface area contributed by atoms with Crippen LogP contribution in [0.25, 0.3) is 0 Å². The lowest BCUT2D eigenvalue weighted by Gasteiger charge is -2.27. The third-order valence-electron chi connectivity index (χ3n) is 5.48. The second kappa shape index (κ2) is 7.90. The zero-order valence-corrected chi connectivity index (χ0v) is 19.1. The minimum Gasteiger partial charge on any atom is -0.493 e. The van der Waals surface area contributed by atoms with E-state index in [9.17, 15) is 9.59 Å². The largest absolute Gasteiger partial charge is 0.493 e. The van der Waals surface area contributed by atoms with Gasteiger partial charge in [0, 0.05) is 17.5 Å². The van der Waals surface area contributed by atoms with E-state index in [1.54, 1.807) is 6.92 Å². The molecule has 1 unspecified atom stereocenters. The Morgan fingerprint density at radius 1 is 1.00 bits per heavy atom. The van der Waals surface area contributed by atoms with Crippen LogP contribution >= 0.6 is 0 Å². The fourth-order valence-electron chi connectivity index (χ4n) is 3.64. The van der Waals surface area contributed by atoms with Crippen LogP contribution in [-0.4, -0.2) is 18.4 Å². The zero-order chi connectivity index (χ0) is 22.3. The van der Waals surface area contributed by atoms with Crippen LogP contribution in [0.15, 0.2) is 36.4 Å². The van der Waals surface area contributed by atoms with Gasteiger partial charge in [-0.15, -0.1) is 0 Å². The van der Waals surface area contributed by atoms with Crippen molar-refractivity contribution < 1.29 is 19.1 Å². The van der Waals surface area contributed by atoms with Crippen molar-refractivity contribution in [3.05, 3.63) is 58.7 Å². The summed E-state index contributed by atoms with van der Waals surface area (Å²) in [7, 11) is 0. The Kier molecular flexibility index (Phi) is 5.81. The number of hydrogen-bond acceptors (Lipinski definition) is 4. The van der Waals surface area contributed by atoms with Gasteiger partial charge in [-0.3, -0.25) is 9.59 Å². The Hall–Kier alpha value is -2.62. The molecule has 0 saturated carbocycles. The normalized spacial score (nSPS) is 16.2. The minimum absolute atomic E-state index is 0.0420. The molecule has 0 radical (unpaired) electrons. The molecule has 30 heavy (non-hydrogen) atoms. The molecule has 1 atom stereocenters. The van der Waals surface area contributed by atoms with Crippen molar-refractivity contribution in [2.75, 3.05) is 6.61 Å². The molecule has 2 aromatic carbocycles. The van der Waals surface area contributed by atoms with Crippen molar-refractivity contribution in [3.8, 4) is 11.5 Å². The first-order chi connectivity index (χ1) is 13.9. The number of esters is 1. The minimum atomic E-state index is -0.449. The number of carbonyl (C=O) groups excluding carboxylic acids is 2. The molecule has 4 nitrogen and oxygen atoms in total. The summed E-state index contributed by atoms with van der Waals surface area (Å²) in [6.45, 7) is 14.9. The van der Waals surface area contributed by atoms with Gasteiger partial charge >= 0.3 is 5.97 Å². The summed E-state index contributed by atoms with van der Waals surface area (Å²) in [5.74, 6) is 0.792. The van der Waals surface area contributed by atoms with Crippen molar-refractivity contribution in [2.45, 2.75) is 71.6 Å². The summed E-state index contributed by atoms with van der Waals surface area (Å²) >= 11 is 0. The molecule has 0 aliphatic carbocycles. The number of benzene rings is 2. The van der Waals surface area contributed by atoms with Gasteiger partial charge in [0.05, 0.1) is 6.61 Å². The van der Waals surface area contributed by atoms with Gasteiger partial charge in [-0.05, 0) is 41.0 Å². The monoisotopic (exact) mass is 408 g/mol. The van der Waals surface area contributed by atoms with Crippen LogP contribution in [0.4, 0.5) is 0 Å². The topological polar surface area (TPSA) is 52.6 Å².